The van der Waals surface area contributed by atoms with Crippen LogP contribution < -0.4 is 20.3 Å². The summed E-state index contributed by atoms with van der Waals surface area (Å²) >= 11 is 0. The molecule has 0 atom stereocenters. The summed E-state index contributed by atoms with van der Waals surface area (Å²) in [6.07, 6.45) is 3.10. The molecular weight excluding hydrogens is 542 g/mol. The lowest BCUT2D eigenvalue weighted by Gasteiger charge is -2.29. The first-order chi connectivity index (χ1) is 19.0. The summed E-state index contributed by atoms with van der Waals surface area (Å²) in [6, 6.07) is 6.66. The van der Waals surface area contributed by atoms with Crippen LogP contribution in [0.4, 0.5) is 14.7 Å². The van der Waals surface area contributed by atoms with Crippen LogP contribution in [0.25, 0.3) is 33.2 Å². The summed E-state index contributed by atoms with van der Waals surface area (Å²) in [6.45, 7) is 3.57. The van der Waals surface area contributed by atoms with Gasteiger partial charge in [-0.2, -0.15) is 0 Å². The fraction of sp³-hybridized carbons (Fsp3) is 0.296. The number of halogens is 2. The average Bonchev–Trinajstić information content (AvgIpc) is 2.89. The van der Waals surface area contributed by atoms with Crippen molar-refractivity contribution in [3.8, 4) is 33.9 Å². The largest absolute Gasteiger partial charge is 0.488 e. The Labute approximate surface area is 230 Å². The summed E-state index contributed by atoms with van der Waals surface area (Å²) in [7, 11) is -1.12. The number of methoxy groups -OCH3 is 1. The van der Waals surface area contributed by atoms with E-state index in [-0.39, 0.29) is 23.5 Å². The molecule has 0 spiro atoms. The number of piperidine rings is 1. The number of ether oxygens (including phenoxy) is 2. The molecule has 1 aliphatic rings. The van der Waals surface area contributed by atoms with Crippen LogP contribution >= 0.6 is 0 Å². The molecule has 5 rings (SSSR count). The van der Waals surface area contributed by atoms with Crippen molar-refractivity contribution in [1.29, 1.82) is 0 Å². The molecule has 4 aromatic rings. The highest BCUT2D eigenvalue weighted by Gasteiger charge is 2.26. The zero-order valence-electron chi connectivity index (χ0n) is 22.1. The Morgan fingerprint density at radius 1 is 1.07 bits per heavy atom. The van der Waals surface area contributed by atoms with Crippen LogP contribution in [0.15, 0.2) is 41.4 Å². The second-order valence-corrected chi connectivity index (χ2v) is 11.2. The molecule has 2 aromatic heterocycles. The van der Waals surface area contributed by atoms with Crippen molar-refractivity contribution in [1.82, 2.24) is 19.9 Å². The third kappa shape index (κ3) is 5.27. The van der Waals surface area contributed by atoms with Gasteiger partial charge >= 0.3 is 0 Å². The molecule has 0 bridgehead atoms. The summed E-state index contributed by atoms with van der Waals surface area (Å²) in [4.78, 5) is 14.4. The predicted octanol–water partition coefficient (Wildman–Crippen LogP) is 3.66. The lowest BCUT2D eigenvalue weighted by Crippen LogP contribution is -2.35. The zero-order valence-corrected chi connectivity index (χ0v) is 22.9. The van der Waals surface area contributed by atoms with E-state index in [1.54, 1.807) is 13.0 Å². The number of nitrogens with zero attached hydrogens (tertiary/aromatic N) is 4. The summed E-state index contributed by atoms with van der Waals surface area (Å²) in [5.41, 5.74) is 7.46. The quantitative estimate of drug-likeness (QED) is 0.355. The van der Waals surface area contributed by atoms with E-state index in [0.29, 0.717) is 33.5 Å². The van der Waals surface area contributed by atoms with Gasteiger partial charge in [0.25, 0.3) is 0 Å². The van der Waals surface area contributed by atoms with E-state index in [9.17, 15) is 12.8 Å². The number of aryl methyl sites for hydroxylation is 1. The van der Waals surface area contributed by atoms with Gasteiger partial charge < -0.3 is 20.1 Å². The number of anilines is 1. The molecule has 0 unspecified atom stereocenters. The Hall–Kier alpha value is -3.94. The number of hydrogen-bond acceptors (Lipinski definition) is 9. The highest BCUT2D eigenvalue weighted by Crippen LogP contribution is 2.39. The van der Waals surface area contributed by atoms with Crippen LogP contribution in [0.3, 0.4) is 0 Å². The first-order valence-corrected chi connectivity index (χ1v) is 14.0. The van der Waals surface area contributed by atoms with Crippen molar-refractivity contribution >= 4 is 26.9 Å². The third-order valence-electron chi connectivity index (χ3n) is 6.94. The van der Waals surface area contributed by atoms with Crippen LogP contribution in [-0.2, 0) is 10.0 Å². The average molecular weight is 571 g/mol. The lowest BCUT2D eigenvalue weighted by atomic mass is 9.98. The topological polar surface area (TPSA) is 147 Å². The number of primary sulfonamides is 1. The number of fused-ring (bicyclic) bond motifs is 1. The second-order valence-electron chi connectivity index (χ2n) is 9.72. The van der Waals surface area contributed by atoms with Crippen LogP contribution in [0.1, 0.15) is 18.5 Å². The van der Waals surface area contributed by atoms with Crippen LogP contribution in [0, 0.1) is 18.6 Å². The number of hydrogen-bond donors (Lipinski definition) is 2. The molecule has 1 fully saturated rings. The number of nitrogen functional groups attached to an aromatic ring is 1. The zero-order chi connectivity index (χ0) is 28.8. The first-order valence-electron chi connectivity index (χ1n) is 12.4. The van der Waals surface area contributed by atoms with Gasteiger partial charge in [0.15, 0.2) is 5.82 Å². The van der Waals surface area contributed by atoms with Crippen LogP contribution in [0.2, 0.25) is 0 Å². The molecule has 3 heterocycles. The summed E-state index contributed by atoms with van der Waals surface area (Å²) in [5.74, 6) is -1.86. The SMILES string of the molecule is COc1ncc(-c2cc(OC3CCN(C)CC3)c3nc(N)nc(C)c3c2)cc1-c1c(F)ccc(S(N)(=O)=O)c1F. The van der Waals surface area contributed by atoms with Gasteiger partial charge in [-0.25, -0.2) is 37.3 Å². The number of nitrogens with two attached hydrogens (primary N) is 2. The molecule has 0 aliphatic carbocycles. The van der Waals surface area contributed by atoms with Gasteiger partial charge in [-0.3, -0.25) is 0 Å². The van der Waals surface area contributed by atoms with Gasteiger partial charge in [-0.05, 0) is 62.7 Å². The maximum absolute atomic E-state index is 15.4. The Balaban J connectivity index is 1.69. The van der Waals surface area contributed by atoms with E-state index >= 15 is 4.39 Å². The van der Waals surface area contributed by atoms with E-state index < -0.39 is 32.1 Å². The standard InChI is InChI=1S/C27H28F2N6O4S/c1-14-18-10-15(12-21(25(18)34-27(30)33-14)39-17-6-8-35(2)9-7-17)16-11-19(26(38-3)32-13-16)23-20(28)4-5-22(24(23)29)40(31,36)37/h4-5,10-13,17H,6-9H2,1-3H3,(H2,30,33,34)(H2,31,36,37). The summed E-state index contributed by atoms with van der Waals surface area (Å²) < 4.78 is 65.9. The van der Waals surface area contributed by atoms with E-state index in [1.807, 2.05) is 6.07 Å². The van der Waals surface area contributed by atoms with Gasteiger partial charge in [0.2, 0.25) is 21.9 Å². The van der Waals surface area contributed by atoms with Gasteiger partial charge in [-0.1, -0.05) is 0 Å². The summed E-state index contributed by atoms with van der Waals surface area (Å²) in [5, 5.41) is 5.83. The molecule has 0 saturated carbocycles. The molecule has 1 saturated heterocycles. The van der Waals surface area contributed by atoms with E-state index in [0.717, 1.165) is 38.1 Å². The Bertz CT molecular complexity index is 1730. The van der Waals surface area contributed by atoms with Crippen LogP contribution in [-0.4, -0.2) is 61.6 Å². The molecule has 0 amide bonds. The van der Waals surface area contributed by atoms with Gasteiger partial charge in [-0.15, -0.1) is 0 Å². The van der Waals surface area contributed by atoms with E-state index in [1.165, 1.54) is 19.4 Å². The minimum Gasteiger partial charge on any atom is -0.488 e. The minimum atomic E-state index is -4.47. The Morgan fingerprint density at radius 3 is 2.48 bits per heavy atom. The number of pyridine rings is 1. The second kappa shape index (κ2) is 10.6. The number of rotatable bonds is 6. The predicted molar refractivity (Wildman–Crippen MR) is 146 cm³/mol. The van der Waals surface area contributed by atoms with Crippen LogP contribution in [0.5, 0.6) is 11.6 Å². The van der Waals surface area contributed by atoms with Crippen molar-refractivity contribution in [2.75, 3.05) is 33.0 Å². The number of benzene rings is 2. The molecule has 210 valence electrons. The molecule has 4 N–H and O–H groups in total. The monoisotopic (exact) mass is 570 g/mol. The number of likely N-dealkylation sites (tertiary alicyclic amines) is 1. The molecule has 2 aromatic carbocycles. The molecule has 40 heavy (non-hydrogen) atoms. The van der Waals surface area contributed by atoms with Crippen molar-refractivity contribution in [2.45, 2.75) is 30.8 Å². The number of sulfonamides is 1. The van der Waals surface area contributed by atoms with Gasteiger partial charge in [0.05, 0.1) is 23.9 Å². The maximum Gasteiger partial charge on any atom is 0.240 e. The van der Waals surface area contributed by atoms with Crippen molar-refractivity contribution in [2.24, 2.45) is 5.14 Å². The van der Waals surface area contributed by atoms with Crippen molar-refractivity contribution < 1.29 is 26.7 Å². The number of aromatic nitrogens is 3. The minimum absolute atomic E-state index is 0.0418. The lowest BCUT2D eigenvalue weighted by molar-refractivity contribution is 0.115. The Morgan fingerprint density at radius 2 is 1.80 bits per heavy atom. The maximum atomic E-state index is 15.4. The fourth-order valence-electron chi connectivity index (χ4n) is 4.86. The molecule has 10 nitrogen and oxygen atoms in total. The van der Waals surface area contributed by atoms with Crippen molar-refractivity contribution in [3.05, 3.63) is 53.9 Å². The van der Waals surface area contributed by atoms with Crippen molar-refractivity contribution in [3.63, 3.8) is 0 Å². The molecule has 13 heteroatoms. The van der Waals surface area contributed by atoms with Gasteiger partial charge in [0, 0.05) is 30.2 Å². The molecule has 1 aliphatic heterocycles. The smallest absolute Gasteiger partial charge is 0.240 e. The van der Waals surface area contributed by atoms with E-state index in [2.05, 4.69) is 26.9 Å². The fourth-order valence-corrected chi connectivity index (χ4v) is 5.47. The highest BCUT2D eigenvalue weighted by molar-refractivity contribution is 7.89. The normalized spacial score (nSPS) is 14.9. The molecular formula is C27H28F2N6O4S. The van der Waals surface area contributed by atoms with E-state index in [4.69, 9.17) is 20.3 Å². The highest BCUT2D eigenvalue weighted by atomic mass is 32.2. The third-order valence-corrected chi connectivity index (χ3v) is 7.87. The Kier molecular flexibility index (Phi) is 7.29. The van der Waals surface area contributed by atoms with Gasteiger partial charge in [0.1, 0.15) is 28.1 Å². The molecule has 0 radical (unpaired) electrons. The first kappa shape index (κ1) is 27.6.